The number of hydrogen-bond acceptors (Lipinski definition) is 2. The summed E-state index contributed by atoms with van der Waals surface area (Å²) in [5, 5.41) is 0. The Kier molecular flexibility index (Phi) is 10.3. The van der Waals surface area contributed by atoms with Gasteiger partial charge in [0.2, 0.25) is 0 Å². The lowest BCUT2D eigenvalue weighted by molar-refractivity contribution is 0.264. The Labute approximate surface area is 100 Å². The fourth-order valence-electron chi connectivity index (χ4n) is 1.58. The van der Waals surface area contributed by atoms with Crippen molar-refractivity contribution in [1.29, 1.82) is 0 Å². The van der Waals surface area contributed by atoms with E-state index in [4.69, 9.17) is 18.0 Å². The van der Waals surface area contributed by atoms with Gasteiger partial charge in [-0.3, -0.25) is 0 Å². The number of nitrogens with two attached hydrogens (primary N) is 1. The van der Waals surface area contributed by atoms with Gasteiger partial charge in [-0.1, -0.05) is 38.9 Å². The first-order valence-electron chi connectivity index (χ1n) is 6.21. The molecule has 3 heteroatoms. The Morgan fingerprint density at radius 3 is 1.87 bits per heavy atom. The summed E-state index contributed by atoms with van der Waals surface area (Å²) in [5.41, 5.74) is 5.49. The molecular formula is C12H26N2S. The van der Waals surface area contributed by atoms with Crippen molar-refractivity contribution in [2.45, 2.75) is 52.4 Å². The third-order valence-electron chi connectivity index (χ3n) is 2.55. The summed E-state index contributed by atoms with van der Waals surface area (Å²) < 4.78 is 0. The van der Waals surface area contributed by atoms with Gasteiger partial charge in [0.15, 0.2) is 0 Å². The molecule has 0 aliphatic rings. The molecule has 2 N–H and O–H groups in total. The standard InChI is InChI=1S/C12H26N2S/c1-3-5-9-14(10-6-4-2)11-7-8-12(13)15/h3-11H2,1-2H3,(H2,13,15). The van der Waals surface area contributed by atoms with Crippen LogP contribution in [0.25, 0.3) is 0 Å². The first-order chi connectivity index (χ1) is 7.20. The summed E-state index contributed by atoms with van der Waals surface area (Å²) >= 11 is 4.88. The lowest BCUT2D eigenvalue weighted by atomic mass is 10.2. The number of unbranched alkanes of at least 4 members (excludes halogenated alkanes) is 2. The highest BCUT2D eigenvalue weighted by Gasteiger charge is 2.03. The van der Waals surface area contributed by atoms with Crippen LogP contribution in [0.2, 0.25) is 0 Å². The van der Waals surface area contributed by atoms with Crippen LogP contribution in [-0.2, 0) is 0 Å². The molecule has 0 atom stereocenters. The van der Waals surface area contributed by atoms with Gasteiger partial charge in [0.1, 0.15) is 0 Å². The van der Waals surface area contributed by atoms with Crippen molar-refractivity contribution < 1.29 is 0 Å². The SMILES string of the molecule is CCCCN(CCCC)CCCC(N)=S. The number of nitrogens with zero attached hydrogens (tertiary/aromatic N) is 1. The van der Waals surface area contributed by atoms with E-state index in [1.807, 2.05) is 0 Å². The summed E-state index contributed by atoms with van der Waals surface area (Å²) in [6, 6.07) is 0. The minimum atomic E-state index is 0.654. The fourth-order valence-corrected chi connectivity index (χ4v) is 1.72. The first-order valence-corrected chi connectivity index (χ1v) is 6.62. The Balaban J connectivity index is 3.63. The van der Waals surface area contributed by atoms with Crippen LogP contribution < -0.4 is 5.73 Å². The molecule has 15 heavy (non-hydrogen) atoms. The molecule has 0 unspecified atom stereocenters. The smallest absolute Gasteiger partial charge is 0.0727 e. The normalized spacial score (nSPS) is 10.9. The highest BCUT2D eigenvalue weighted by Crippen LogP contribution is 2.02. The lowest BCUT2D eigenvalue weighted by Gasteiger charge is -2.21. The summed E-state index contributed by atoms with van der Waals surface area (Å²) in [6.45, 7) is 8.10. The second-order valence-corrected chi connectivity index (χ2v) is 4.64. The van der Waals surface area contributed by atoms with E-state index in [2.05, 4.69) is 18.7 Å². The van der Waals surface area contributed by atoms with Gasteiger partial charge in [-0.2, -0.15) is 0 Å². The van der Waals surface area contributed by atoms with Gasteiger partial charge in [-0.25, -0.2) is 0 Å². The van der Waals surface area contributed by atoms with Gasteiger partial charge < -0.3 is 10.6 Å². The van der Waals surface area contributed by atoms with E-state index in [1.54, 1.807) is 0 Å². The Morgan fingerprint density at radius 1 is 1.00 bits per heavy atom. The predicted molar refractivity (Wildman–Crippen MR) is 72.3 cm³/mol. The van der Waals surface area contributed by atoms with E-state index in [9.17, 15) is 0 Å². The number of rotatable bonds is 10. The summed E-state index contributed by atoms with van der Waals surface area (Å²) in [4.78, 5) is 3.20. The zero-order chi connectivity index (χ0) is 11.5. The molecule has 0 aliphatic heterocycles. The van der Waals surface area contributed by atoms with Gasteiger partial charge in [-0.15, -0.1) is 0 Å². The Bertz CT molecular complexity index is 152. The van der Waals surface area contributed by atoms with Crippen LogP contribution in [0.15, 0.2) is 0 Å². The van der Waals surface area contributed by atoms with Gasteiger partial charge >= 0.3 is 0 Å². The largest absolute Gasteiger partial charge is 0.393 e. The molecular weight excluding hydrogens is 204 g/mol. The average Bonchev–Trinajstić information content (AvgIpc) is 2.20. The van der Waals surface area contributed by atoms with Gasteiger partial charge in [0, 0.05) is 0 Å². The third-order valence-corrected chi connectivity index (χ3v) is 2.76. The summed E-state index contributed by atoms with van der Waals surface area (Å²) in [7, 11) is 0. The first kappa shape index (κ1) is 14.8. The van der Waals surface area contributed by atoms with Crippen molar-refractivity contribution in [2.24, 2.45) is 5.73 Å². The monoisotopic (exact) mass is 230 g/mol. The van der Waals surface area contributed by atoms with Crippen LogP contribution in [0.4, 0.5) is 0 Å². The van der Waals surface area contributed by atoms with Gasteiger partial charge in [0.25, 0.3) is 0 Å². The highest BCUT2D eigenvalue weighted by molar-refractivity contribution is 7.80. The van der Waals surface area contributed by atoms with Crippen molar-refractivity contribution in [2.75, 3.05) is 19.6 Å². The van der Waals surface area contributed by atoms with Crippen LogP contribution in [0.1, 0.15) is 52.4 Å². The van der Waals surface area contributed by atoms with Crippen LogP contribution in [0.3, 0.4) is 0 Å². The van der Waals surface area contributed by atoms with Gasteiger partial charge in [0.05, 0.1) is 4.99 Å². The minimum Gasteiger partial charge on any atom is -0.393 e. The maximum atomic E-state index is 5.49. The topological polar surface area (TPSA) is 29.3 Å². The molecule has 0 aliphatic carbocycles. The summed E-state index contributed by atoms with van der Waals surface area (Å²) in [5.74, 6) is 0. The number of thiocarbonyl (C=S) groups is 1. The molecule has 0 spiro atoms. The molecule has 0 saturated carbocycles. The highest BCUT2D eigenvalue weighted by atomic mass is 32.1. The third kappa shape index (κ3) is 10.1. The molecule has 2 nitrogen and oxygen atoms in total. The fraction of sp³-hybridized carbons (Fsp3) is 0.917. The molecule has 90 valence electrons. The van der Waals surface area contributed by atoms with E-state index in [1.165, 1.54) is 38.8 Å². The maximum absolute atomic E-state index is 5.49. The average molecular weight is 230 g/mol. The van der Waals surface area contributed by atoms with Crippen LogP contribution in [0, 0.1) is 0 Å². The van der Waals surface area contributed by atoms with E-state index in [-0.39, 0.29) is 0 Å². The molecule has 0 radical (unpaired) electrons. The van der Waals surface area contributed by atoms with Crippen LogP contribution >= 0.6 is 12.2 Å². The van der Waals surface area contributed by atoms with E-state index < -0.39 is 0 Å². The van der Waals surface area contributed by atoms with Crippen molar-refractivity contribution >= 4 is 17.2 Å². The van der Waals surface area contributed by atoms with Crippen LogP contribution in [-0.4, -0.2) is 29.5 Å². The molecule has 0 aromatic rings. The number of hydrogen-bond donors (Lipinski definition) is 1. The molecule has 0 rings (SSSR count). The predicted octanol–water partition coefficient (Wildman–Crippen LogP) is 2.95. The molecule has 0 heterocycles. The molecule has 0 aromatic carbocycles. The van der Waals surface area contributed by atoms with Crippen molar-refractivity contribution in [3.8, 4) is 0 Å². The second kappa shape index (κ2) is 10.4. The molecule has 0 fully saturated rings. The van der Waals surface area contributed by atoms with Gasteiger partial charge in [-0.05, 0) is 45.3 Å². The van der Waals surface area contributed by atoms with Crippen LogP contribution in [0.5, 0.6) is 0 Å². The van der Waals surface area contributed by atoms with E-state index >= 15 is 0 Å². The van der Waals surface area contributed by atoms with E-state index in [0.29, 0.717) is 4.99 Å². The molecule has 0 amide bonds. The molecule has 0 bridgehead atoms. The van der Waals surface area contributed by atoms with E-state index in [0.717, 1.165) is 19.4 Å². The summed E-state index contributed by atoms with van der Waals surface area (Å²) in [6.07, 6.45) is 7.16. The molecule has 0 aromatic heterocycles. The minimum absolute atomic E-state index is 0.654. The lowest BCUT2D eigenvalue weighted by Crippen LogP contribution is -2.27. The van der Waals surface area contributed by atoms with Crippen molar-refractivity contribution in [3.05, 3.63) is 0 Å². The Morgan fingerprint density at radius 2 is 1.47 bits per heavy atom. The zero-order valence-electron chi connectivity index (χ0n) is 10.3. The quantitative estimate of drug-likeness (QED) is 0.585. The van der Waals surface area contributed by atoms with Crippen molar-refractivity contribution in [1.82, 2.24) is 4.90 Å². The molecule has 0 saturated heterocycles. The zero-order valence-corrected chi connectivity index (χ0v) is 11.1. The van der Waals surface area contributed by atoms with Crippen molar-refractivity contribution in [3.63, 3.8) is 0 Å². The second-order valence-electron chi connectivity index (χ2n) is 4.12. The Hall–Kier alpha value is -0.150. The maximum Gasteiger partial charge on any atom is 0.0727 e.